The average molecular weight is 417 g/mol. The van der Waals surface area contributed by atoms with Crippen LogP contribution in [0.1, 0.15) is 37.5 Å². The number of hydrogen-bond donors (Lipinski definition) is 1. The van der Waals surface area contributed by atoms with Crippen LogP contribution < -0.4 is 4.74 Å². The maximum absolute atomic E-state index is 13.8. The number of amides is 1. The molecular weight excluding hydrogens is 392 g/mol. The van der Waals surface area contributed by atoms with Crippen molar-refractivity contribution in [1.29, 1.82) is 0 Å². The van der Waals surface area contributed by atoms with E-state index < -0.39 is 17.6 Å². The number of carbonyl (C=O) groups excluding carboxylic acids is 1. The van der Waals surface area contributed by atoms with Crippen LogP contribution in [0.4, 0.5) is 8.78 Å². The average Bonchev–Trinajstić information content (AvgIpc) is 2.69. The van der Waals surface area contributed by atoms with Crippen molar-refractivity contribution < 1.29 is 28.2 Å². The number of rotatable bonds is 9. The first-order valence-corrected chi connectivity index (χ1v) is 9.64. The fourth-order valence-corrected chi connectivity index (χ4v) is 2.98. The Bertz CT molecular complexity index is 932. The van der Waals surface area contributed by atoms with Crippen LogP contribution in [0.25, 0.3) is 5.57 Å². The molecule has 0 radical (unpaired) electrons. The molecule has 160 valence electrons. The summed E-state index contributed by atoms with van der Waals surface area (Å²) < 4.78 is 33.2. The molecule has 7 heteroatoms. The van der Waals surface area contributed by atoms with Crippen molar-refractivity contribution in [2.75, 3.05) is 13.1 Å². The summed E-state index contributed by atoms with van der Waals surface area (Å²) >= 11 is 0. The number of allylic oxidation sites excluding steroid dienone is 1. The van der Waals surface area contributed by atoms with Crippen LogP contribution in [0.3, 0.4) is 0 Å². The van der Waals surface area contributed by atoms with Gasteiger partial charge in [0.25, 0.3) is 0 Å². The van der Waals surface area contributed by atoms with Gasteiger partial charge in [0.2, 0.25) is 5.91 Å². The zero-order valence-corrected chi connectivity index (χ0v) is 17.2. The van der Waals surface area contributed by atoms with Gasteiger partial charge < -0.3 is 14.7 Å². The Kier molecular flexibility index (Phi) is 8.09. The highest BCUT2D eigenvalue weighted by Crippen LogP contribution is 2.26. The lowest BCUT2D eigenvalue weighted by molar-refractivity contribution is -0.136. The minimum atomic E-state index is -1.07. The number of ether oxygens (including phenoxy) is 1. The number of nitrogens with zero attached hydrogens (tertiary/aromatic N) is 1. The lowest BCUT2D eigenvalue weighted by Gasteiger charge is -2.17. The van der Waals surface area contributed by atoms with Gasteiger partial charge >= 0.3 is 5.97 Å². The first-order valence-electron chi connectivity index (χ1n) is 9.64. The molecule has 0 atom stereocenters. The summed E-state index contributed by atoms with van der Waals surface area (Å²) in [6, 6.07) is 8.36. The van der Waals surface area contributed by atoms with E-state index in [0.29, 0.717) is 29.8 Å². The van der Waals surface area contributed by atoms with E-state index in [-0.39, 0.29) is 30.2 Å². The molecule has 0 saturated carbocycles. The molecule has 1 amide bonds. The van der Waals surface area contributed by atoms with Gasteiger partial charge in [-0.1, -0.05) is 12.1 Å². The van der Waals surface area contributed by atoms with Crippen molar-refractivity contribution in [2.24, 2.45) is 0 Å². The number of carboxylic acids is 1. The van der Waals surface area contributed by atoms with Crippen molar-refractivity contribution in [2.45, 2.75) is 33.8 Å². The molecule has 2 aromatic carbocycles. The van der Waals surface area contributed by atoms with Gasteiger partial charge in [-0.15, -0.1) is 0 Å². The fourth-order valence-electron chi connectivity index (χ4n) is 2.98. The standard InChI is InChI=1S/C23H25F2NO4/c1-4-26(5-2)22(27)11-15(3)16-9-10-21(17(12-16)13-23(28)29)30-14-18-19(24)7-6-8-20(18)25/h6-12H,4-5,13-14H2,1-3H3,(H,28,29)/b15-11-. The molecule has 0 spiro atoms. The summed E-state index contributed by atoms with van der Waals surface area (Å²) in [4.78, 5) is 25.2. The van der Waals surface area contributed by atoms with Crippen molar-refractivity contribution >= 4 is 17.4 Å². The molecule has 1 N–H and O–H groups in total. The highest BCUT2D eigenvalue weighted by atomic mass is 19.1. The maximum atomic E-state index is 13.8. The van der Waals surface area contributed by atoms with Crippen LogP contribution in [-0.4, -0.2) is 35.0 Å². The third kappa shape index (κ3) is 5.89. The van der Waals surface area contributed by atoms with Crippen molar-refractivity contribution in [3.05, 3.63) is 70.8 Å². The van der Waals surface area contributed by atoms with E-state index >= 15 is 0 Å². The van der Waals surface area contributed by atoms with E-state index in [1.165, 1.54) is 12.1 Å². The second kappa shape index (κ2) is 10.5. The van der Waals surface area contributed by atoms with Gasteiger partial charge in [0, 0.05) is 24.7 Å². The molecule has 2 rings (SSSR count). The number of carbonyl (C=O) groups is 2. The Morgan fingerprint density at radius 1 is 1.10 bits per heavy atom. The van der Waals surface area contributed by atoms with Crippen molar-refractivity contribution in [3.8, 4) is 5.75 Å². The molecule has 2 aromatic rings. The van der Waals surface area contributed by atoms with Crippen LogP contribution in [0.15, 0.2) is 42.5 Å². The van der Waals surface area contributed by atoms with Gasteiger partial charge in [-0.2, -0.15) is 0 Å². The molecule has 30 heavy (non-hydrogen) atoms. The monoisotopic (exact) mass is 417 g/mol. The summed E-state index contributed by atoms with van der Waals surface area (Å²) in [5, 5.41) is 9.23. The number of carboxylic acid groups (broad SMARTS) is 1. The Balaban J connectivity index is 2.30. The first-order chi connectivity index (χ1) is 14.3. The van der Waals surface area contributed by atoms with Gasteiger partial charge in [-0.05, 0) is 56.2 Å². The SMILES string of the molecule is CCN(CC)C(=O)/C=C(/C)c1ccc(OCc2c(F)cccc2F)c(CC(=O)O)c1. The van der Waals surface area contributed by atoms with Crippen molar-refractivity contribution in [1.82, 2.24) is 4.90 Å². The Morgan fingerprint density at radius 3 is 2.30 bits per heavy atom. The Hall–Kier alpha value is -3.22. The minimum Gasteiger partial charge on any atom is -0.488 e. The maximum Gasteiger partial charge on any atom is 0.307 e. The molecule has 0 aliphatic rings. The number of benzene rings is 2. The van der Waals surface area contributed by atoms with Crippen LogP contribution in [0.5, 0.6) is 5.75 Å². The van der Waals surface area contributed by atoms with E-state index in [4.69, 9.17) is 4.74 Å². The second-order valence-electron chi connectivity index (χ2n) is 6.72. The highest BCUT2D eigenvalue weighted by Gasteiger charge is 2.14. The largest absolute Gasteiger partial charge is 0.488 e. The third-order valence-corrected chi connectivity index (χ3v) is 4.71. The van der Waals surface area contributed by atoms with E-state index in [0.717, 1.165) is 12.1 Å². The van der Waals surface area contributed by atoms with Gasteiger partial charge in [-0.25, -0.2) is 8.78 Å². The van der Waals surface area contributed by atoms with E-state index in [1.807, 2.05) is 13.8 Å². The number of likely N-dealkylation sites (N-methyl/N-ethyl adjacent to an activating group) is 1. The molecule has 5 nitrogen and oxygen atoms in total. The molecule has 0 unspecified atom stereocenters. The normalized spacial score (nSPS) is 11.3. The van der Waals surface area contributed by atoms with E-state index in [2.05, 4.69) is 0 Å². The molecular formula is C23H25F2NO4. The summed E-state index contributed by atoms with van der Waals surface area (Å²) in [6.07, 6.45) is 1.17. The van der Waals surface area contributed by atoms with Crippen LogP contribution in [0, 0.1) is 11.6 Å². The molecule has 0 saturated heterocycles. The zero-order chi connectivity index (χ0) is 22.3. The van der Waals surface area contributed by atoms with Gasteiger partial charge in [-0.3, -0.25) is 9.59 Å². The van der Waals surface area contributed by atoms with Crippen LogP contribution in [0.2, 0.25) is 0 Å². The summed E-state index contributed by atoms with van der Waals surface area (Å²) in [7, 11) is 0. The molecule has 0 aliphatic carbocycles. The smallest absolute Gasteiger partial charge is 0.307 e. The van der Waals surface area contributed by atoms with E-state index in [9.17, 15) is 23.5 Å². The van der Waals surface area contributed by atoms with Crippen molar-refractivity contribution in [3.63, 3.8) is 0 Å². The lowest BCUT2D eigenvalue weighted by Crippen LogP contribution is -2.28. The summed E-state index contributed by atoms with van der Waals surface area (Å²) in [5.41, 5.74) is 1.45. The Labute approximate surface area is 174 Å². The molecule has 0 aromatic heterocycles. The predicted molar refractivity (Wildman–Crippen MR) is 110 cm³/mol. The van der Waals surface area contributed by atoms with Crippen LogP contribution >= 0.6 is 0 Å². The summed E-state index contributed by atoms with van der Waals surface area (Å²) in [5.74, 6) is -2.46. The highest BCUT2D eigenvalue weighted by molar-refractivity contribution is 5.95. The quantitative estimate of drug-likeness (QED) is 0.613. The minimum absolute atomic E-state index is 0.132. The molecule has 0 bridgehead atoms. The number of halogens is 2. The molecule has 0 fully saturated rings. The zero-order valence-electron chi connectivity index (χ0n) is 17.2. The van der Waals surface area contributed by atoms with Gasteiger partial charge in [0.15, 0.2) is 0 Å². The van der Waals surface area contributed by atoms with Gasteiger partial charge in [0.05, 0.1) is 12.0 Å². The fraction of sp³-hybridized carbons (Fsp3) is 0.304. The first kappa shape index (κ1) is 23.1. The predicted octanol–water partition coefficient (Wildman–Crippen LogP) is 4.44. The lowest BCUT2D eigenvalue weighted by atomic mass is 10.0. The molecule has 0 aliphatic heterocycles. The van der Waals surface area contributed by atoms with Gasteiger partial charge in [0.1, 0.15) is 24.0 Å². The molecule has 0 heterocycles. The second-order valence-corrected chi connectivity index (χ2v) is 6.72. The topological polar surface area (TPSA) is 66.8 Å². The summed E-state index contributed by atoms with van der Waals surface area (Å²) in [6.45, 7) is 6.34. The van der Waals surface area contributed by atoms with Crippen LogP contribution in [-0.2, 0) is 22.6 Å². The number of hydrogen-bond acceptors (Lipinski definition) is 3. The number of aliphatic carboxylic acids is 1. The van der Waals surface area contributed by atoms with E-state index in [1.54, 1.807) is 30.0 Å². The Morgan fingerprint density at radius 2 is 1.73 bits per heavy atom. The third-order valence-electron chi connectivity index (χ3n) is 4.71.